The van der Waals surface area contributed by atoms with Crippen molar-refractivity contribution in [1.82, 2.24) is 15.1 Å². The molecule has 1 aromatic carbocycles. The van der Waals surface area contributed by atoms with Crippen LogP contribution in [0.4, 0.5) is 0 Å². The Morgan fingerprint density at radius 1 is 1.27 bits per heavy atom. The molecule has 0 unspecified atom stereocenters. The van der Waals surface area contributed by atoms with Crippen molar-refractivity contribution in [2.75, 3.05) is 27.4 Å². The van der Waals surface area contributed by atoms with E-state index in [0.29, 0.717) is 30.3 Å². The summed E-state index contributed by atoms with van der Waals surface area (Å²) in [6.07, 6.45) is 1.61. The molecule has 0 saturated heterocycles. The molecule has 0 spiro atoms. The predicted octanol–water partition coefficient (Wildman–Crippen LogP) is 2.87. The molecule has 4 rings (SSSR count). The van der Waals surface area contributed by atoms with E-state index >= 15 is 0 Å². The Hall–Kier alpha value is -3.06. The van der Waals surface area contributed by atoms with Crippen LogP contribution < -0.4 is 4.74 Å². The van der Waals surface area contributed by atoms with Gasteiger partial charge in [0.15, 0.2) is 0 Å². The van der Waals surface area contributed by atoms with E-state index < -0.39 is 0 Å². The number of amides is 1. The number of benzene rings is 1. The number of nitrogens with one attached hydrogen (secondary N) is 1. The number of furan rings is 1. The molecule has 3 aromatic rings. The zero-order valence-corrected chi connectivity index (χ0v) is 14.6. The minimum Gasteiger partial charge on any atom is -0.497 e. The van der Waals surface area contributed by atoms with Gasteiger partial charge in [-0.05, 0) is 24.3 Å². The molecule has 3 heterocycles. The number of methoxy groups -OCH3 is 2. The number of ether oxygens (including phenoxy) is 2. The molecule has 1 aliphatic heterocycles. The Bertz CT molecular complexity index is 917. The van der Waals surface area contributed by atoms with Crippen LogP contribution in [0.1, 0.15) is 27.9 Å². The molecule has 2 aromatic heterocycles. The number of H-pyrrole nitrogens is 1. The second-order valence-corrected chi connectivity index (χ2v) is 6.00. The molecule has 1 aliphatic rings. The van der Waals surface area contributed by atoms with Gasteiger partial charge in [0.05, 0.1) is 25.7 Å². The molecule has 1 atom stereocenters. The van der Waals surface area contributed by atoms with Crippen molar-refractivity contribution in [3.8, 4) is 17.0 Å². The first-order valence-corrected chi connectivity index (χ1v) is 8.30. The molecule has 0 fully saturated rings. The molecule has 0 radical (unpaired) electrons. The van der Waals surface area contributed by atoms with Crippen molar-refractivity contribution >= 4 is 5.91 Å². The van der Waals surface area contributed by atoms with Gasteiger partial charge in [0, 0.05) is 24.8 Å². The Kier molecular flexibility index (Phi) is 4.22. The predicted molar refractivity (Wildman–Crippen MR) is 94.0 cm³/mol. The molecular weight excluding hydrogens is 334 g/mol. The molecule has 0 bridgehead atoms. The van der Waals surface area contributed by atoms with E-state index in [1.54, 1.807) is 25.4 Å². The zero-order chi connectivity index (χ0) is 18.1. The molecule has 7 nitrogen and oxygen atoms in total. The van der Waals surface area contributed by atoms with E-state index in [9.17, 15) is 4.79 Å². The number of hydrogen-bond acceptors (Lipinski definition) is 5. The maximum atomic E-state index is 12.9. The van der Waals surface area contributed by atoms with Crippen LogP contribution in [0, 0.1) is 0 Å². The maximum Gasteiger partial charge on any atom is 0.273 e. The van der Waals surface area contributed by atoms with E-state index in [4.69, 9.17) is 13.9 Å². The monoisotopic (exact) mass is 353 g/mol. The van der Waals surface area contributed by atoms with E-state index in [1.165, 1.54) is 0 Å². The SMILES string of the molecule is COCCN1C(=O)c2[nH]nc(-c3cccc(OC)c3)c2[C@@H]1c1ccco1. The number of nitrogens with zero attached hydrogens (tertiary/aromatic N) is 2. The normalized spacial score (nSPS) is 16.2. The van der Waals surface area contributed by atoms with Gasteiger partial charge in [-0.3, -0.25) is 9.89 Å². The molecule has 134 valence electrons. The van der Waals surface area contributed by atoms with Crippen LogP contribution in [-0.4, -0.2) is 48.4 Å². The highest BCUT2D eigenvalue weighted by Gasteiger charge is 2.43. The van der Waals surface area contributed by atoms with Gasteiger partial charge in [-0.25, -0.2) is 0 Å². The van der Waals surface area contributed by atoms with Crippen LogP contribution in [0.3, 0.4) is 0 Å². The van der Waals surface area contributed by atoms with Crippen LogP contribution >= 0.6 is 0 Å². The Labute approximate surface area is 150 Å². The first-order chi connectivity index (χ1) is 12.7. The molecule has 0 saturated carbocycles. The van der Waals surface area contributed by atoms with Gasteiger partial charge in [-0.15, -0.1) is 0 Å². The van der Waals surface area contributed by atoms with Crippen molar-refractivity contribution in [2.45, 2.75) is 6.04 Å². The number of carbonyl (C=O) groups excluding carboxylic acids is 1. The number of carbonyl (C=O) groups is 1. The molecule has 7 heteroatoms. The largest absolute Gasteiger partial charge is 0.497 e. The van der Waals surface area contributed by atoms with Crippen LogP contribution in [0.2, 0.25) is 0 Å². The summed E-state index contributed by atoms with van der Waals surface area (Å²) in [6.45, 7) is 0.899. The van der Waals surface area contributed by atoms with E-state index in [0.717, 1.165) is 16.9 Å². The highest BCUT2D eigenvalue weighted by atomic mass is 16.5. The van der Waals surface area contributed by atoms with Crippen molar-refractivity contribution < 1.29 is 18.7 Å². The van der Waals surface area contributed by atoms with E-state index in [2.05, 4.69) is 10.2 Å². The Balaban J connectivity index is 1.83. The number of hydrogen-bond donors (Lipinski definition) is 1. The summed E-state index contributed by atoms with van der Waals surface area (Å²) in [7, 11) is 3.24. The summed E-state index contributed by atoms with van der Waals surface area (Å²) in [5, 5.41) is 7.31. The Morgan fingerprint density at radius 2 is 2.15 bits per heavy atom. The van der Waals surface area contributed by atoms with Gasteiger partial charge in [-0.1, -0.05) is 12.1 Å². The molecule has 1 amide bonds. The van der Waals surface area contributed by atoms with Gasteiger partial charge in [-0.2, -0.15) is 5.10 Å². The van der Waals surface area contributed by atoms with Gasteiger partial charge >= 0.3 is 0 Å². The third kappa shape index (κ3) is 2.57. The topological polar surface area (TPSA) is 80.6 Å². The summed E-state index contributed by atoms with van der Waals surface area (Å²) in [5.41, 5.74) is 2.89. The van der Waals surface area contributed by atoms with Crippen molar-refractivity contribution in [1.29, 1.82) is 0 Å². The summed E-state index contributed by atoms with van der Waals surface area (Å²) < 4.78 is 16.1. The van der Waals surface area contributed by atoms with E-state index in [1.807, 2.05) is 36.4 Å². The quantitative estimate of drug-likeness (QED) is 0.737. The standard InChI is InChI=1S/C19H19N3O4/c1-24-10-8-22-18(14-7-4-9-26-14)15-16(20-21-17(15)19(22)23)12-5-3-6-13(11-12)25-2/h3-7,9,11,18H,8,10H2,1-2H3,(H,20,21)/t18-/m0/s1. The first-order valence-electron chi connectivity index (χ1n) is 8.30. The summed E-state index contributed by atoms with van der Waals surface area (Å²) in [4.78, 5) is 14.7. The number of fused-ring (bicyclic) bond motifs is 1. The fraction of sp³-hybridized carbons (Fsp3) is 0.263. The van der Waals surface area contributed by atoms with Gasteiger partial charge in [0.1, 0.15) is 23.2 Å². The highest BCUT2D eigenvalue weighted by Crippen LogP contribution is 2.43. The minimum absolute atomic E-state index is 0.111. The fourth-order valence-electron chi connectivity index (χ4n) is 3.35. The average Bonchev–Trinajstić information content (AvgIpc) is 3.38. The molecule has 1 N–H and O–H groups in total. The Morgan fingerprint density at radius 3 is 2.88 bits per heavy atom. The van der Waals surface area contributed by atoms with E-state index in [-0.39, 0.29) is 11.9 Å². The lowest BCUT2D eigenvalue weighted by atomic mass is 10.00. The smallest absolute Gasteiger partial charge is 0.273 e. The van der Waals surface area contributed by atoms with Crippen molar-refractivity contribution in [2.24, 2.45) is 0 Å². The van der Waals surface area contributed by atoms with Gasteiger partial charge in [0.25, 0.3) is 5.91 Å². The lowest BCUT2D eigenvalue weighted by molar-refractivity contribution is 0.0660. The molecule has 26 heavy (non-hydrogen) atoms. The van der Waals surface area contributed by atoms with Crippen LogP contribution in [0.15, 0.2) is 47.1 Å². The average molecular weight is 353 g/mol. The van der Waals surface area contributed by atoms with Crippen LogP contribution in [0.25, 0.3) is 11.3 Å². The summed E-state index contributed by atoms with van der Waals surface area (Å²) >= 11 is 0. The summed E-state index contributed by atoms with van der Waals surface area (Å²) in [5.74, 6) is 1.31. The second kappa shape index (κ2) is 6.68. The third-order valence-corrected chi connectivity index (χ3v) is 4.56. The van der Waals surface area contributed by atoms with Crippen molar-refractivity contribution in [3.63, 3.8) is 0 Å². The fourth-order valence-corrected chi connectivity index (χ4v) is 3.35. The first kappa shape index (κ1) is 16.4. The lowest BCUT2D eigenvalue weighted by Gasteiger charge is -2.24. The van der Waals surface area contributed by atoms with Crippen molar-refractivity contribution in [3.05, 3.63) is 59.7 Å². The number of aromatic amines is 1. The maximum absolute atomic E-state index is 12.9. The van der Waals surface area contributed by atoms with Crippen LogP contribution in [-0.2, 0) is 4.74 Å². The summed E-state index contributed by atoms with van der Waals surface area (Å²) in [6, 6.07) is 11.0. The van der Waals surface area contributed by atoms with Gasteiger partial charge in [0.2, 0.25) is 0 Å². The molecule has 0 aliphatic carbocycles. The number of aromatic nitrogens is 2. The highest BCUT2D eigenvalue weighted by molar-refractivity contribution is 6.00. The van der Waals surface area contributed by atoms with Gasteiger partial charge < -0.3 is 18.8 Å². The second-order valence-electron chi connectivity index (χ2n) is 6.00. The lowest BCUT2D eigenvalue weighted by Crippen LogP contribution is -2.32. The zero-order valence-electron chi connectivity index (χ0n) is 14.6. The van der Waals surface area contributed by atoms with Crippen LogP contribution in [0.5, 0.6) is 5.75 Å². The number of rotatable bonds is 6. The minimum atomic E-state index is -0.345. The third-order valence-electron chi connectivity index (χ3n) is 4.56. The molecular formula is C19H19N3O4.